The second kappa shape index (κ2) is 9.63. The molecule has 0 amide bonds. The summed E-state index contributed by atoms with van der Waals surface area (Å²) < 4.78 is 9.61. The van der Waals surface area contributed by atoms with Crippen molar-refractivity contribution in [3.63, 3.8) is 0 Å². The lowest BCUT2D eigenvalue weighted by Crippen LogP contribution is -2.17. The molecule has 4 nitrogen and oxygen atoms in total. The normalized spacial score (nSPS) is 12.9. The smallest absolute Gasteiger partial charge is 0.314 e. The predicted molar refractivity (Wildman–Crippen MR) is 64.8 cm³/mol. The third-order valence-electron chi connectivity index (χ3n) is 1.92. The van der Waals surface area contributed by atoms with Crippen molar-refractivity contribution in [2.75, 3.05) is 0 Å². The first-order valence-corrected chi connectivity index (χ1v) is 5.81. The van der Waals surface area contributed by atoms with Gasteiger partial charge in [-0.3, -0.25) is 9.59 Å². The minimum Gasteiger partial charge on any atom is -0.435 e. The molecule has 17 heavy (non-hydrogen) atoms. The maximum atomic E-state index is 11.4. The maximum absolute atomic E-state index is 11.4. The van der Waals surface area contributed by atoms with Gasteiger partial charge in [0, 0.05) is 0 Å². The monoisotopic (exact) mass is 240 g/mol. The summed E-state index contributed by atoms with van der Waals surface area (Å²) in [6, 6.07) is 0. The van der Waals surface area contributed by atoms with Crippen LogP contribution in [0.1, 0.15) is 40.0 Å². The summed E-state index contributed by atoms with van der Waals surface area (Å²) in [6.45, 7) is 5.50. The second-order valence-corrected chi connectivity index (χ2v) is 3.59. The van der Waals surface area contributed by atoms with E-state index in [0.717, 1.165) is 12.8 Å². The lowest BCUT2D eigenvalue weighted by molar-refractivity contribution is -0.148. The molecule has 0 aliphatic heterocycles. The fraction of sp³-hybridized carbons (Fsp3) is 0.538. The third kappa shape index (κ3) is 8.25. The van der Waals surface area contributed by atoms with Gasteiger partial charge in [-0.15, -0.1) is 0 Å². The molecule has 0 aromatic heterocycles. The molecular formula is C13H20O4. The predicted octanol–water partition coefficient (Wildman–Crippen LogP) is 2.95. The highest BCUT2D eigenvalue weighted by atomic mass is 16.5. The van der Waals surface area contributed by atoms with Gasteiger partial charge in [-0.25, -0.2) is 0 Å². The molecule has 0 bridgehead atoms. The zero-order valence-corrected chi connectivity index (χ0v) is 10.6. The van der Waals surface area contributed by atoms with Crippen molar-refractivity contribution in [1.29, 1.82) is 0 Å². The van der Waals surface area contributed by atoms with Crippen molar-refractivity contribution in [2.45, 2.75) is 40.0 Å². The van der Waals surface area contributed by atoms with Crippen molar-refractivity contribution >= 4 is 11.9 Å². The Morgan fingerprint density at radius 1 is 1.06 bits per heavy atom. The van der Waals surface area contributed by atoms with Gasteiger partial charge in [0.05, 0.1) is 24.9 Å². The topological polar surface area (TPSA) is 52.6 Å². The molecular weight excluding hydrogens is 220 g/mol. The third-order valence-corrected chi connectivity index (χ3v) is 1.92. The Morgan fingerprint density at radius 3 is 2.12 bits per heavy atom. The number of esters is 2. The van der Waals surface area contributed by atoms with Gasteiger partial charge in [0.2, 0.25) is 0 Å². The molecule has 0 aromatic rings. The Kier molecular flexibility index (Phi) is 8.74. The van der Waals surface area contributed by atoms with Gasteiger partial charge >= 0.3 is 11.9 Å². The van der Waals surface area contributed by atoms with E-state index in [1.54, 1.807) is 19.1 Å². The van der Waals surface area contributed by atoms with Gasteiger partial charge in [-0.05, 0) is 25.0 Å². The van der Waals surface area contributed by atoms with E-state index in [4.69, 9.17) is 9.47 Å². The number of rotatable bonds is 7. The molecule has 0 aliphatic carbocycles. The molecule has 0 saturated carbocycles. The zero-order valence-electron chi connectivity index (χ0n) is 10.6. The summed E-state index contributed by atoms with van der Waals surface area (Å²) in [5, 5.41) is 0. The van der Waals surface area contributed by atoms with Crippen LogP contribution in [-0.2, 0) is 19.1 Å². The highest BCUT2D eigenvalue weighted by Gasteiger charge is 2.18. The molecule has 0 aliphatic rings. The van der Waals surface area contributed by atoms with Gasteiger partial charge in [-0.1, -0.05) is 20.8 Å². The minimum absolute atomic E-state index is 0.0207. The fourth-order valence-electron chi connectivity index (χ4n) is 0.929. The van der Waals surface area contributed by atoms with Crippen LogP contribution in [0, 0.1) is 5.92 Å². The average Bonchev–Trinajstić information content (AvgIpc) is 2.29. The number of carbonyl (C=O) groups is 2. The van der Waals surface area contributed by atoms with Gasteiger partial charge in [0.15, 0.2) is 0 Å². The van der Waals surface area contributed by atoms with E-state index in [-0.39, 0.29) is 6.42 Å². The highest BCUT2D eigenvalue weighted by Crippen LogP contribution is 2.06. The van der Waals surface area contributed by atoms with Crippen LogP contribution in [0.3, 0.4) is 0 Å². The number of hydrogen-bond acceptors (Lipinski definition) is 4. The van der Waals surface area contributed by atoms with Crippen molar-refractivity contribution < 1.29 is 19.1 Å². The van der Waals surface area contributed by atoms with E-state index in [0.29, 0.717) is 0 Å². The van der Waals surface area contributed by atoms with Crippen LogP contribution in [0.15, 0.2) is 24.7 Å². The van der Waals surface area contributed by atoms with E-state index in [2.05, 4.69) is 0 Å². The minimum atomic E-state index is -0.501. The van der Waals surface area contributed by atoms with Crippen molar-refractivity contribution in [3.8, 4) is 0 Å². The lowest BCUT2D eigenvalue weighted by atomic mass is 10.1. The molecule has 4 heteroatoms. The summed E-state index contributed by atoms with van der Waals surface area (Å²) in [5.74, 6) is -1.36. The first kappa shape index (κ1) is 15.4. The summed E-state index contributed by atoms with van der Waals surface area (Å²) in [7, 11) is 0. The molecule has 0 saturated heterocycles. The van der Waals surface area contributed by atoms with Crippen LogP contribution in [-0.4, -0.2) is 11.9 Å². The number of allylic oxidation sites excluding steroid dienone is 2. The summed E-state index contributed by atoms with van der Waals surface area (Å²) in [5.41, 5.74) is 0. The van der Waals surface area contributed by atoms with Crippen molar-refractivity contribution in [3.05, 3.63) is 24.7 Å². The molecule has 0 heterocycles. The molecule has 0 fully saturated rings. The van der Waals surface area contributed by atoms with E-state index < -0.39 is 17.9 Å². The quantitative estimate of drug-likeness (QED) is 0.507. The van der Waals surface area contributed by atoms with Gasteiger partial charge < -0.3 is 9.47 Å². The standard InChI is InChI=1S/C13H20O4/c1-4-6-8-16-12(14)10-11(3)13(15)17-9-7-5-2/h6-9,11H,4-5,10H2,1-3H3. The van der Waals surface area contributed by atoms with E-state index in [1.807, 2.05) is 13.8 Å². The Morgan fingerprint density at radius 2 is 1.59 bits per heavy atom. The van der Waals surface area contributed by atoms with Gasteiger partial charge in [0.25, 0.3) is 0 Å². The second-order valence-electron chi connectivity index (χ2n) is 3.59. The molecule has 1 unspecified atom stereocenters. The van der Waals surface area contributed by atoms with Crippen LogP contribution < -0.4 is 0 Å². The highest BCUT2D eigenvalue weighted by molar-refractivity contribution is 5.80. The number of carbonyl (C=O) groups excluding carboxylic acids is 2. The Balaban J connectivity index is 3.94. The number of hydrogen-bond donors (Lipinski definition) is 0. The van der Waals surface area contributed by atoms with Crippen molar-refractivity contribution in [2.24, 2.45) is 5.92 Å². The Hall–Kier alpha value is -1.58. The van der Waals surface area contributed by atoms with Crippen LogP contribution in [0.4, 0.5) is 0 Å². The molecule has 0 rings (SSSR count). The van der Waals surface area contributed by atoms with Crippen LogP contribution in [0.25, 0.3) is 0 Å². The van der Waals surface area contributed by atoms with Crippen molar-refractivity contribution in [1.82, 2.24) is 0 Å². The molecule has 0 N–H and O–H groups in total. The van der Waals surface area contributed by atoms with E-state index in [9.17, 15) is 9.59 Å². The summed E-state index contributed by atoms with van der Waals surface area (Å²) in [6.07, 6.45) is 7.77. The Labute approximate surface area is 102 Å². The molecule has 0 radical (unpaired) electrons. The molecule has 1 atom stereocenters. The first-order valence-electron chi connectivity index (χ1n) is 5.81. The van der Waals surface area contributed by atoms with E-state index in [1.165, 1.54) is 12.5 Å². The lowest BCUT2D eigenvalue weighted by Gasteiger charge is -2.07. The Bertz CT molecular complexity index is 292. The SMILES string of the molecule is CCC=COC(=O)CC(C)C(=O)OC=CCC. The summed E-state index contributed by atoms with van der Waals surface area (Å²) in [4.78, 5) is 22.6. The van der Waals surface area contributed by atoms with Gasteiger partial charge in [0.1, 0.15) is 0 Å². The molecule has 0 aromatic carbocycles. The van der Waals surface area contributed by atoms with Crippen LogP contribution in [0.2, 0.25) is 0 Å². The zero-order chi connectivity index (χ0) is 13.1. The average molecular weight is 240 g/mol. The summed E-state index contributed by atoms with van der Waals surface area (Å²) >= 11 is 0. The first-order chi connectivity index (χ1) is 8.11. The van der Waals surface area contributed by atoms with Crippen LogP contribution >= 0.6 is 0 Å². The molecule has 96 valence electrons. The molecule has 0 spiro atoms. The maximum Gasteiger partial charge on any atom is 0.314 e. The largest absolute Gasteiger partial charge is 0.435 e. The van der Waals surface area contributed by atoms with Crippen LogP contribution in [0.5, 0.6) is 0 Å². The fourth-order valence-corrected chi connectivity index (χ4v) is 0.929. The van der Waals surface area contributed by atoms with Gasteiger partial charge in [-0.2, -0.15) is 0 Å². The van der Waals surface area contributed by atoms with E-state index >= 15 is 0 Å². The number of ether oxygens (including phenoxy) is 2.